The smallest absolute Gasteiger partial charge is 0.241 e. The first-order chi connectivity index (χ1) is 20.4. The quantitative estimate of drug-likeness (QED) is 0.260. The molecule has 0 bridgehead atoms. The largest absolute Gasteiger partial charge is 0.359 e. The normalized spacial score (nSPS) is 19.0. The van der Waals surface area contributed by atoms with Gasteiger partial charge in [0.05, 0.1) is 29.1 Å². The predicted molar refractivity (Wildman–Crippen MR) is 163 cm³/mol. The van der Waals surface area contributed by atoms with Gasteiger partial charge in [-0.2, -0.15) is 0 Å². The third-order valence-electron chi connectivity index (χ3n) is 8.10. The van der Waals surface area contributed by atoms with Crippen LogP contribution in [0.3, 0.4) is 0 Å². The van der Waals surface area contributed by atoms with Gasteiger partial charge in [0.2, 0.25) is 11.9 Å². The van der Waals surface area contributed by atoms with Gasteiger partial charge in [0.25, 0.3) is 0 Å². The summed E-state index contributed by atoms with van der Waals surface area (Å²) in [5.41, 5.74) is 1.33. The number of piperazine rings is 1. The van der Waals surface area contributed by atoms with Gasteiger partial charge in [0.15, 0.2) is 21.5 Å². The number of H-pyrrole nitrogens is 1. The third-order valence-corrected chi connectivity index (χ3v) is 9.21. The first-order valence-electron chi connectivity index (χ1n) is 14.0. The summed E-state index contributed by atoms with van der Waals surface area (Å²) in [4.78, 5) is 28.9. The monoisotopic (exact) mass is 611 g/mol. The molecule has 0 spiro atoms. The van der Waals surface area contributed by atoms with Crippen LogP contribution in [0, 0.1) is 11.6 Å². The lowest BCUT2D eigenvalue weighted by Gasteiger charge is -2.45. The van der Waals surface area contributed by atoms with E-state index in [1.165, 1.54) is 12.1 Å². The summed E-state index contributed by atoms with van der Waals surface area (Å²) in [5, 5.41) is 6.33. The van der Waals surface area contributed by atoms with Gasteiger partial charge >= 0.3 is 0 Å². The maximum atomic E-state index is 15.1. The van der Waals surface area contributed by atoms with E-state index >= 15 is 4.39 Å². The Morgan fingerprint density at radius 2 is 1.79 bits per heavy atom. The molecule has 228 valence electrons. The van der Waals surface area contributed by atoms with Crippen LogP contribution in [0.1, 0.15) is 27.2 Å². The predicted octanol–water partition coefficient (Wildman–Crippen LogP) is 4.79. The van der Waals surface area contributed by atoms with E-state index in [-0.39, 0.29) is 29.3 Å². The Hall–Kier alpha value is -3.94. The number of halogens is 2. The number of hydrogen-bond acceptors (Lipinski definition) is 8. The number of rotatable bonds is 8. The fourth-order valence-corrected chi connectivity index (χ4v) is 6.37. The number of benzene rings is 2. The fraction of sp³-hybridized carbons (Fsp3) is 0.367. The highest BCUT2D eigenvalue weighted by atomic mass is 32.2. The lowest BCUT2D eigenvalue weighted by molar-refractivity contribution is -0.123. The molecule has 0 saturated carbocycles. The highest BCUT2D eigenvalue weighted by Gasteiger charge is 2.33. The van der Waals surface area contributed by atoms with E-state index < -0.39 is 26.4 Å². The van der Waals surface area contributed by atoms with Crippen molar-refractivity contribution in [1.29, 1.82) is 0 Å². The van der Waals surface area contributed by atoms with E-state index in [1.54, 1.807) is 24.4 Å². The topological polar surface area (TPSA) is 123 Å². The zero-order chi connectivity index (χ0) is 31.1. The number of carbonyl (C=O) groups is 1. The van der Waals surface area contributed by atoms with E-state index in [4.69, 9.17) is 0 Å². The summed E-state index contributed by atoms with van der Waals surface area (Å²) < 4.78 is 53.8. The zero-order valence-corrected chi connectivity index (χ0v) is 25.5. The number of sulfone groups is 1. The Labute approximate surface area is 249 Å². The number of carbonyl (C=O) groups excluding carboxylic acids is 1. The molecule has 43 heavy (non-hydrogen) atoms. The number of para-hydroxylation sites is 1. The molecule has 1 aliphatic heterocycles. The van der Waals surface area contributed by atoms with E-state index in [1.807, 2.05) is 6.92 Å². The van der Waals surface area contributed by atoms with Crippen LogP contribution in [0.5, 0.6) is 0 Å². The molecule has 0 aliphatic carbocycles. The first-order valence-corrected chi connectivity index (χ1v) is 15.9. The Kier molecular flexibility index (Phi) is 8.50. The molecule has 0 radical (unpaired) electrons. The summed E-state index contributed by atoms with van der Waals surface area (Å²) in [6.45, 7) is 7.89. The number of hydrogen-bond donors (Lipinski definition) is 3. The van der Waals surface area contributed by atoms with E-state index in [0.29, 0.717) is 40.7 Å². The molecule has 1 unspecified atom stereocenters. The van der Waals surface area contributed by atoms with E-state index in [2.05, 4.69) is 56.3 Å². The summed E-state index contributed by atoms with van der Waals surface area (Å²) in [6.07, 6.45) is 4.10. The minimum atomic E-state index is -3.81. The molecule has 1 saturated heterocycles. The summed E-state index contributed by atoms with van der Waals surface area (Å²) in [7, 11) is -1.71. The molecule has 1 amide bonds. The number of likely N-dealkylation sites (N-methyl/N-ethyl adjacent to an activating group) is 1. The lowest BCUT2D eigenvalue weighted by atomic mass is 10.0. The molecule has 3 atom stereocenters. The van der Waals surface area contributed by atoms with Crippen molar-refractivity contribution >= 4 is 44.0 Å². The number of aromatic amines is 1. The van der Waals surface area contributed by atoms with Gasteiger partial charge in [-0.1, -0.05) is 25.1 Å². The Morgan fingerprint density at radius 1 is 1.12 bits per heavy atom. The van der Waals surface area contributed by atoms with Crippen molar-refractivity contribution in [3.63, 3.8) is 0 Å². The molecule has 10 nitrogen and oxygen atoms in total. The van der Waals surface area contributed by atoms with Crippen LogP contribution in [-0.4, -0.2) is 83.6 Å². The van der Waals surface area contributed by atoms with Gasteiger partial charge in [-0.25, -0.2) is 27.2 Å². The number of anilines is 3. The number of nitrogens with zero attached hydrogens (tertiary/aromatic N) is 4. The van der Waals surface area contributed by atoms with Gasteiger partial charge in [0.1, 0.15) is 10.6 Å². The number of amides is 1. The average molecular weight is 612 g/mol. The first kappa shape index (κ1) is 30.5. The van der Waals surface area contributed by atoms with Crippen LogP contribution in [0.25, 0.3) is 22.2 Å². The summed E-state index contributed by atoms with van der Waals surface area (Å²) >= 11 is 0. The molecule has 3 heterocycles. The number of nitrogens with one attached hydrogen (secondary N) is 3. The van der Waals surface area contributed by atoms with Crippen molar-refractivity contribution in [3.05, 3.63) is 60.4 Å². The van der Waals surface area contributed by atoms with Crippen LogP contribution in [0.2, 0.25) is 0 Å². The highest BCUT2D eigenvalue weighted by molar-refractivity contribution is 7.90. The fourth-order valence-electron chi connectivity index (χ4n) is 5.61. The van der Waals surface area contributed by atoms with Crippen molar-refractivity contribution in [2.75, 3.05) is 37.0 Å². The average Bonchev–Trinajstić information content (AvgIpc) is 3.38. The third kappa shape index (κ3) is 6.10. The second-order valence-electron chi connectivity index (χ2n) is 11.1. The molecule has 13 heteroatoms. The van der Waals surface area contributed by atoms with Gasteiger partial charge < -0.3 is 15.6 Å². The van der Waals surface area contributed by atoms with Crippen LogP contribution in [-0.2, 0) is 14.6 Å². The molecule has 4 aromatic rings. The maximum absolute atomic E-state index is 15.1. The Morgan fingerprint density at radius 3 is 2.47 bits per heavy atom. The summed E-state index contributed by atoms with van der Waals surface area (Å²) in [6, 6.07) is 9.54. The van der Waals surface area contributed by atoms with Crippen molar-refractivity contribution in [1.82, 2.24) is 24.8 Å². The standard InChI is InChI=1S/C30H35F2N7O3S/c1-6-24(39-15-17(2)38(4)18(3)16-39)29(40)35-23-11-7-9-19-20(13-33-28(19)23)27-21(31)14-34-30(37-27)36-22-10-8-12-25(26(22)32)43(5,41)42/h7-14,17-18,24,33H,6,15-16H2,1-5H3,(H,35,40)(H,34,36,37)/t17-,18-,24?/m0/s1. The van der Waals surface area contributed by atoms with Crippen LogP contribution in [0.4, 0.5) is 26.1 Å². The SMILES string of the molecule is CCC(C(=O)Nc1cccc2c(-c3nc(Nc4cccc(S(C)(=O)=O)c4F)ncc3F)c[nH]c12)N1C[C@H](C)N(C)[C@@H](C)C1. The Bertz CT molecular complexity index is 1770. The van der Waals surface area contributed by atoms with Crippen LogP contribution in [0.15, 0.2) is 53.7 Å². The van der Waals surface area contributed by atoms with Gasteiger partial charge in [-0.15, -0.1) is 0 Å². The number of aromatic nitrogens is 3. The molecule has 1 aliphatic rings. The lowest BCUT2D eigenvalue weighted by Crippen LogP contribution is -2.59. The van der Waals surface area contributed by atoms with Crippen molar-refractivity contribution in [3.8, 4) is 11.3 Å². The molecule has 5 rings (SSSR count). The highest BCUT2D eigenvalue weighted by Crippen LogP contribution is 2.34. The molecular weight excluding hydrogens is 576 g/mol. The Balaban J connectivity index is 1.42. The van der Waals surface area contributed by atoms with Crippen LogP contribution >= 0.6 is 0 Å². The van der Waals surface area contributed by atoms with Crippen molar-refractivity contribution in [2.45, 2.75) is 50.2 Å². The van der Waals surface area contributed by atoms with Gasteiger partial charge in [0, 0.05) is 48.6 Å². The van der Waals surface area contributed by atoms with Gasteiger partial charge in [-0.05, 0) is 45.5 Å². The second kappa shape index (κ2) is 12.0. The van der Waals surface area contributed by atoms with E-state index in [0.717, 1.165) is 31.6 Å². The minimum absolute atomic E-state index is 0.0567. The molecule has 3 N–H and O–H groups in total. The second-order valence-corrected chi connectivity index (χ2v) is 13.1. The maximum Gasteiger partial charge on any atom is 0.241 e. The molecule has 2 aromatic carbocycles. The van der Waals surface area contributed by atoms with Crippen molar-refractivity contribution in [2.24, 2.45) is 0 Å². The van der Waals surface area contributed by atoms with Crippen LogP contribution < -0.4 is 10.6 Å². The van der Waals surface area contributed by atoms with Gasteiger partial charge in [-0.3, -0.25) is 14.6 Å². The minimum Gasteiger partial charge on any atom is -0.359 e. The zero-order valence-electron chi connectivity index (χ0n) is 24.6. The molecular formula is C30H35F2N7O3S. The van der Waals surface area contributed by atoms with Crippen molar-refractivity contribution < 1.29 is 22.0 Å². The summed E-state index contributed by atoms with van der Waals surface area (Å²) in [5.74, 6) is -1.94. The van der Waals surface area contributed by atoms with E-state index in [9.17, 15) is 17.6 Å². The molecule has 1 fully saturated rings. The molecule has 2 aromatic heterocycles. The number of fused-ring (bicyclic) bond motifs is 1.